The molecule has 1 aliphatic heterocycles. The van der Waals surface area contributed by atoms with Crippen LogP contribution in [0.4, 0.5) is 5.69 Å². The number of methoxy groups -OCH3 is 1. The highest BCUT2D eigenvalue weighted by atomic mass is 35.5. The van der Waals surface area contributed by atoms with Crippen LogP contribution in [0.5, 0.6) is 5.88 Å². The molecule has 8 nitrogen and oxygen atoms in total. The molecule has 9 heteroatoms. The van der Waals surface area contributed by atoms with E-state index in [9.17, 15) is 9.59 Å². The number of carbonyl (C=O) groups excluding carboxylic acids is 1. The first-order valence-electron chi connectivity index (χ1n) is 10.7. The van der Waals surface area contributed by atoms with Crippen molar-refractivity contribution in [3.63, 3.8) is 0 Å². The van der Waals surface area contributed by atoms with Gasteiger partial charge in [0.2, 0.25) is 5.88 Å². The first-order valence-corrected chi connectivity index (χ1v) is 11.0. The number of aryl methyl sites for hydroxylation is 2. The molecule has 0 saturated heterocycles. The van der Waals surface area contributed by atoms with Crippen molar-refractivity contribution in [3.8, 4) is 11.6 Å². The summed E-state index contributed by atoms with van der Waals surface area (Å²) in [7, 11) is 3.22. The largest absolute Gasteiger partial charge is 0.479 e. The Morgan fingerprint density at radius 2 is 1.82 bits per heavy atom. The Bertz CT molecular complexity index is 1460. The molecule has 34 heavy (non-hydrogen) atoms. The third-order valence-electron chi connectivity index (χ3n) is 6.08. The summed E-state index contributed by atoms with van der Waals surface area (Å²) in [6.45, 7) is 3.59. The van der Waals surface area contributed by atoms with Crippen LogP contribution < -0.4 is 15.2 Å². The number of rotatable bonds is 4. The second-order valence-corrected chi connectivity index (χ2v) is 8.65. The maximum Gasteiger partial charge on any atom is 0.263 e. The number of fused-ring (bicyclic) bond motifs is 1. The average Bonchev–Trinajstić information content (AvgIpc) is 3.31. The predicted molar refractivity (Wildman–Crippen MR) is 129 cm³/mol. The lowest BCUT2D eigenvalue weighted by atomic mass is 10.0. The third-order valence-corrected chi connectivity index (χ3v) is 6.33. The number of hydrogen-bond donors (Lipinski definition) is 0. The number of benzene rings is 1. The van der Waals surface area contributed by atoms with E-state index in [1.54, 1.807) is 67.3 Å². The van der Waals surface area contributed by atoms with Crippen LogP contribution in [0, 0.1) is 13.8 Å². The summed E-state index contributed by atoms with van der Waals surface area (Å²) in [6, 6.07) is 12.2. The lowest BCUT2D eigenvalue weighted by Crippen LogP contribution is -2.32. The van der Waals surface area contributed by atoms with Gasteiger partial charge in [-0.2, -0.15) is 5.10 Å². The van der Waals surface area contributed by atoms with Crippen molar-refractivity contribution in [2.75, 3.05) is 12.0 Å². The molecule has 1 aromatic carbocycles. The van der Waals surface area contributed by atoms with E-state index >= 15 is 0 Å². The topological polar surface area (TPSA) is 82.2 Å². The molecule has 4 aromatic rings. The van der Waals surface area contributed by atoms with Crippen molar-refractivity contribution in [1.29, 1.82) is 0 Å². The van der Waals surface area contributed by atoms with Crippen molar-refractivity contribution in [3.05, 3.63) is 98.3 Å². The zero-order valence-electron chi connectivity index (χ0n) is 19.1. The van der Waals surface area contributed by atoms with Gasteiger partial charge in [-0.25, -0.2) is 9.67 Å². The van der Waals surface area contributed by atoms with Gasteiger partial charge in [-0.1, -0.05) is 23.7 Å². The summed E-state index contributed by atoms with van der Waals surface area (Å²) >= 11 is 6.14. The van der Waals surface area contributed by atoms with Crippen molar-refractivity contribution < 1.29 is 9.53 Å². The minimum Gasteiger partial charge on any atom is -0.479 e. The number of aromatic nitrogens is 4. The highest BCUT2D eigenvalue weighted by Gasteiger charge is 2.44. The molecule has 1 atom stereocenters. The lowest BCUT2D eigenvalue weighted by Gasteiger charge is -2.26. The Balaban J connectivity index is 1.74. The van der Waals surface area contributed by atoms with Gasteiger partial charge in [0.05, 0.1) is 24.1 Å². The lowest BCUT2D eigenvalue weighted by molar-refractivity contribution is 0.0992. The van der Waals surface area contributed by atoms with Crippen LogP contribution in [-0.2, 0) is 7.05 Å². The molecule has 5 rings (SSSR count). The quantitative estimate of drug-likeness (QED) is 0.445. The summed E-state index contributed by atoms with van der Waals surface area (Å²) in [4.78, 5) is 32.1. The Hall–Kier alpha value is -3.91. The smallest absolute Gasteiger partial charge is 0.263 e. The van der Waals surface area contributed by atoms with Crippen molar-refractivity contribution in [1.82, 2.24) is 19.3 Å². The Morgan fingerprint density at radius 1 is 1.09 bits per heavy atom. The van der Waals surface area contributed by atoms with Crippen molar-refractivity contribution in [2.45, 2.75) is 19.9 Å². The van der Waals surface area contributed by atoms with Gasteiger partial charge in [-0.3, -0.25) is 14.5 Å². The molecular formula is C25H22ClN5O3. The molecule has 4 heterocycles. The molecule has 0 N–H and O–H groups in total. The van der Waals surface area contributed by atoms with Gasteiger partial charge >= 0.3 is 0 Å². The summed E-state index contributed by atoms with van der Waals surface area (Å²) in [5.41, 5.74) is 4.35. The van der Waals surface area contributed by atoms with Crippen LogP contribution in [0.1, 0.15) is 38.9 Å². The van der Waals surface area contributed by atoms with Crippen LogP contribution in [0.25, 0.3) is 5.69 Å². The number of ether oxygens (including phenoxy) is 1. The monoisotopic (exact) mass is 475 g/mol. The van der Waals surface area contributed by atoms with E-state index in [0.29, 0.717) is 44.8 Å². The van der Waals surface area contributed by atoms with Gasteiger partial charge in [0.1, 0.15) is 17.4 Å². The fraction of sp³-hybridized carbons (Fsp3) is 0.200. The summed E-state index contributed by atoms with van der Waals surface area (Å²) in [5, 5.41) is 5.47. The first kappa shape index (κ1) is 21.9. The van der Waals surface area contributed by atoms with Crippen molar-refractivity contribution >= 4 is 23.2 Å². The number of nitrogens with zero attached hydrogens (tertiary/aromatic N) is 5. The molecule has 1 aliphatic rings. The highest BCUT2D eigenvalue weighted by Crippen LogP contribution is 2.43. The van der Waals surface area contributed by atoms with Crippen LogP contribution in [0.2, 0.25) is 5.02 Å². The van der Waals surface area contributed by atoms with Gasteiger partial charge in [-0.15, -0.1) is 0 Å². The number of halogens is 1. The van der Waals surface area contributed by atoms with Crippen molar-refractivity contribution in [2.24, 2.45) is 7.05 Å². The van der Waals surface area contributed by atoms with Crippen LogP contribution >= 0.6 is 11.6 Å². The maximum atomic E-state index is 13.9. The summed E-state index contributed by atoms with van der Waals surface area (Å²) < 4.78 is 8.60. The molecule has 0 unspecified atom stereocenters. The minimum atomic E-state index is -0.501. The van der Waals surface area contributed by atoms with E-state index in [4.69, 9.17) is 21.4 Å². The highest BCUT2D eigenvalue weighted by molar-refractivity contribution is 6.30. The molecule has 172 valence electrons. The number of amides is 1. The second kappa shape index (κ2) is 8.14. The maximum absolute atomic E-state index is 13.9. The second-order valence-electron chi connectivity index (χ2n) is 8.22. The molecule has 1 amide bonds. The zero-order chi connectivity index (χ0) is 24.1. The third kappa shape index (κ3) is 3.30. The number of carbonyl (C=O) groups is 1. The fourth-order valence-electron chi connectivity index (χ4n) is 4.48. The molecular weight excluding hydrogens is 454 g/mol. The predicted octanol–water partition coefficient (Wildman–Crippen LogP) is 3.99. The number of hydrogen-bond acceptors (Lipinski definition) is 5. The fourth-order valence-corrected chi connectivity index (χ4v) is 4.61. The summed E-state index contributed by atoms with van der Waals surface area (Å²) in [6.07, 6.45) is 3.32. The van der Waals surface area contributed by atoms with E-state index in [1.165, 1.54) is 4.57 Å². The number of pyridine rings is 2. The Morgan fingerprint density at radius 3 is 2.50 bits per heavy atom. The van der Waals surface area contributed by atoms with Crippen LogP contribution in [-0.4, -0.2) is 32.3 Å². The van der Waals surface area contributed by atoms with E-state index in [-0.39, 0.29) is 11.5 Å². The normalized spacial score (nSPS) is 15.0. The zero-order valence-corrected chi connectivity index (χ0v) is 19.9. The minimum absolute atomic E-state index is 0.110. The molecule has 0 radical (unpaired) electrons. The molecule has 3 aromatic heterocycles. The summed E-state index contributed by atoms with van der Waals surface area (Å²) in [5.74, 6) is 0.215. The van der Waals surface area contributed by atoms with Gasteiger partial charge in [0.15, 0.2) is 0 Å². The van der Waals surface area contributed by atoms with Gasteiger partial charge in [0, 0.05) is 30.0 Å². The standard InChI is InChI=1S/C25H22ClN5O3/c1-14-12-18(13-29(3)24(14)32)30-22(16-7-9-17(26)10-8-16)21-20(25(30)33)15(2)31(28-21)19-6-5-11-27-23(19)34-4/h5-13,22H,1-4H3/t22-/m0/s1. The Labute approximate surface area is 201 Å². The first-order chi connectivity index (χ1) is 16.3. The molecule has 0 aliphatic carbocycles. The number of anilines is 1. The van der Waals surface area contributed by atoms with E-state index in [0.717, 1.165) is 5.56 Å². The van der Waals surface area contributed by atoms with Crippen LogP contribution in [0.15, 0.2) is 59.7 Å². The molecule has 0 saturated carbocycles. The average molecular weight is 476 g/mol. The molecule has 0 fully saturated rings. The van der Waals surface area contributed by atoms with Gasteiger partial charge in [0.25, 0.3) is 11.5 Å². The molecule has 0 bridgehead atoms. The van der Waals surface area contributed by atoms with E-state index < -0.39 is 6.04 Å². The van der Waals surface area contributed by atoms with Gasteiger partial charge < -0.3 is 9.30 Å². The molecule has 0 spiro atoms. The van der Waals surface area contributed by atoms with Gasteiger partial charge in [-0.05, 0) is 49.7 Å². The van der Waals surface area contributed by atoms with E-state index in [1.807, 2.05) is 25.1 Å². The van der Waals surface area contributed by atoms with Crippen LogP contribution in [0.3, 0.4) is 0 Å². The van der Waals surface area contributed by atoms with E-state index in [2.05, 4.69) is 4.98 Å². The Kier molecular flexibility index (Phi) is 5.25. The SMILES string of the molecule is COc1ncccc1-n1nc2c(c1C)C(=O)N(c1cc(C)c(=O)n(C)c1)[C@H]2c1ccc(Cl)cc1.